The minimum atomic E-state index is -0.729. The molecule has 0 radical (unpaired) electrons. The van der Waals surface area contributed by atoms with E-state index in [0.29, 0.717) is 5.56 Å². The lowest BCUT2D eigenvalue weighted by Crippen LogP contribution is -2.06. The first-order valence-electron chi connectivity index (χ1n) is 7.06. The van der Waals surface area contributed by atoms with Crippen LogP contribution in [-0.4, -0.2) is 21.7 Å². The number of ether oxygens (including phenoxy) is 1. The summed E-state index contributed by atoms with van der Waals surface area (Å²) in [5.74, 6) is -0.809. The van der Waals surface area contributed by atoms with Crippen LogP contribution in [0.4, 0.5) is 11.4 Å². The Labute approximate surface area is 150 Å². The molecule has 3 rings (SSSR count). The van der Waals surface area contributed by atoms with Gasteiger partial charge in [-0.2, -0.15) is 0 Å². The summed E-state index contributed by atoms with van der Waals surface area (Å²) in [4.78, 5) is 36.3. The monoisotopic (exact) mass is 373 g/mol. The lowest BCUT2D eigenvalue weighted by atomic mass is 10.2. The van der Waals surface area contributed by atoms with Crippen molar-refractivity contribution < 1.29 is 19.4 Å². The first kappa shape index (κ1) is 17.2. The second-order valence-electron chi connectivity index (χ2n) is 5.11. The van der Waals surface area contributed by atoms with Crippen molar-refractivity contribution in [3.63, 3.8) is 0 Å². The molecule has 1 heterocycles. The van der Waals surface area contributed by atoms with Crippen LogP contribution in [0.1, 0.15) is 11.1 Å². The van der Waals surface area contributed by atoms with E-state index >= 15 is 0 Å². The van der Waals surface area contributed by atoms with E-state index in [0.717, 1.165) is 6.07 Å². The van der Waals surface area contributed by atoms with Gasteiger partial charge in [0.05, 0.1) is 20.4 Å². The van der Waals surface area contributed by atoms with Crippen LogP contribution in [0.3, 0.4) is 0 Å². The van der Waals surface area contributed by atoms with Crippen molar-refractivity contribution in [1.82, 2.24) is 0 Å². The van der Waals surface area contributed by atoms with Crippen LogP contribution in [0.15, 0.2) is 53.2 Å². The van der Waals surface area contributed by atoms with Crippen LogP contribution in [0.25, 0.3) is 6.08 Å². The van der Waals surface area contributed by atoms with E-state index in [1.165, 1.54) is 42.5 Å². The van der Waals surface area contributed by atoms with Gasteiger partial charge in [-0.25, -0.2) is 9.79 Å². The Morgan fingerprint density at radius 1 is 1.00 bits per heavy atom. The minimum absolute atomic E-state index is 0.0161. The Hall–Kier alpha value is -3.59. The average molecular weight is 374 g/mol. The zero-order valence-electron chi connectivity index (χ0n) is 12.8. The van der Waals surface area contributed by atoms with E-state index in [1.807, 2.05) is 0 Å². The van der Waals surface area contributed by atoms with Crippen molar-refractivity contribution in [3.05, 3.63) is 84.5 Å². The summed E-state index contributed by atoms with van der Waals surface area (Å²) in [6, 6.07) is 9.20. The first-order chi connectivity index (χ1) is 12.3. The van der Waals surface area contributed by atoms with E-state index in [-0.39, 0.29) is 33.6 Å². The number of carbonyl (C=O) groups is 1. The Morgan fingerprint density at radius 2 is 1.62 bits per heavy atom. The van der Waals surface area contributed by atoms with Crippen LogP contribution < -0.4 is 0 Å². The third kappa shape index (κ3) is 3.42. The van der Waals surface area contributed by atoms with E-state index in [1.54, 1.807) is 0 Å². The third-order valence-corrected chi connectivity index (χ3v) is 3.73. The average Bonchev–Trinajstić information content (AvgIpc) is 2.95. The van der Waals surface area contributed by atoms with E-state index in [4.69, 9.17) is 16.3 Å². The molecule has 0 aromatic heterocycles. The zero-order chi connectivity index (χ0) is 18.8. The Morgan fingerprint density at radius 3 is 2.19 bits per heavy atom. The summed E-state index contributed by atoms with van der Waals surface area (Å²) in [5, 5.41) is 21.4. The van der Waals surface area contributed by atoms with Gasteiger partial charge in [-0.3, -0.25) is 20.2 Å². The van der Waals surface area contributed by atoms with Gasteiger partial charge in [-0.1, -0.05) is 11.6 Å². The molecule has 0 saturated carbocycles. The Kier molecular flexibility index (Phi) is 4.46. The summed E-state index contributed by atoms with van der Waals surface area (Å²) < 4.78 is 5.06. The number of hydrogen-bond donors (Lipinski definition) is 0. The maximum atomic E-state index is 12.0. The molecule has 0 fully saturated rings. The van der Waals surface area contributed by atoms with Gasteiger partial charge in [-0.05, 0) is 29.8 Å². The van der Waals surface area contributed by atoms with Gasteiger partial charge in [0, 0.05) is 24.3 Å². The summed E-state index contributed by atoms with van der Waals surface area (Å²) >= 11 is 6.00. The largest absolute Gasteiger partial charge is 0.402 e. The molecule has 9 nitrogen and oxygen atoms in total. The van der Waals surface area contributed by atoms with Crippen LogP contribution in [-0.2, 0) is 9.53 Å². The number of esters is 1. The number of cyclic esters (lactones) is 1. The number of halogens is 1. The minimum Gasteiger partial charge on any atom is -0.402 e. The number of nitro groups is 2. The smallest absolute Gasteiger partial charge is 0.363 e. The Balaban J connectivity index is 1.91. The molecule has 0 amide bonds. The molecular weight excluding hydrogens is 366 g/mol. The summed E-state index contributed by atoms with van der Waals surface area (Å²) in [5.41, 5.74) is 0.441. The highest BCUT2D eigenvalue weighted by Crippen LogP contribution is 2.27. The maximum absolute atomic E-state index is 12.0. The zero-order valence-corrected chi connectivity index (χ0v) is 13.5. The van der Waals surface area contributed by atoms with Gasteiger partial charge in [0.15, 0.2) is 5.70 Å². The number of aliphatic imine (C=N–C) groups is 1. The van der Waals surface area contributed by atoms with Gasteiger partial charge in [0.25, 0.3) is 11.4 Å². The normalized spacial score (nSPS) is 14.9. The van der Waals surface area contributed by atoms with Crippen molar-refractivity contribution in [1.29, 1.82) is 0 Å². The predicted molar refractivity (Wildman–Crippen MR) is 91.8 cm³/mol. The van der Waals surface area contributed by atoms with Crippen molar-refractivity contribution in [3.8, 4) is 0 Å². The van der Waals surface area contributed by atoms with Crippen molar-refractivity contribution in [2.24, 2.45) is 4.99 Å². The molecule has 1 aliphatic heterocycles. The number of nitrogens with zero attached hydrogens (tertiary/aromatic N) is 3. The fourth-order valence-corrected chi connectivity index (χ4v) is 2.42. The molecule has 26 heavy (non-hydrogen) atoms. The van der Waals surface area contributed by atoms with E-state index < -0.39 is 15.8 Å². The molecule has 2 aromatic rings. The second kappa shape index (κ2) is 6.73. The molecule has 1 aliphatic rings. The highest BCUT2D eigenvalue weighted by atomic mass is 35.5. The van der Waals surface area contributed by atoms with E-state index in [9.17, 15) is 25.0 Å². The number of non-ortho nitro benzene ring substituents is 2. The molecule has 0 atom stereocenters. The molecule has 130 valence electrons. The van der Waals surface area contributed by atoms with Crippen molar-refractivity contribution in [2.75, 3.05) is 0 Å². The predicted octanol–water partition coefficient (Wildman–Crippen LogP) is 3.50. The third-order valence-electron chi connectivity index (χ3n) is 3.42. The van der Waals surface area contributed by atoms with Crippen LogP contribution in [0.2, 0.25) is 5.02 Å². The van der Waals surface area contributed by atoms with Gasteiger partial charge in [-0.15, -0.1) is 0 Å². The molecule has 0 saturated heterocycles. The molecule has 0 spiro atoms. The number of carbonyl (C=O) groups excluding carboxylic acids is 1. The quantitative estimate of drug-likeness (QED) is 0.349. The summed E-state index contributed by atoms with van der Waals surface area (Å²) in [6.07, 6.45) is 1.40. The molecular formula is C16H8ClN3O6. The number of benzene rings is 2. The molecule has 0 unspecified atom stereocenters. The molecule has 0 aliphatic carbocycles. The Bertz CT molecular complexity index is 998. The van der Waals surface area contributed by atoms with Crippen molar-refractivity contribution >= 4 is 40.9 Å². The summed E-state index contributed by atoms with van der Waals surface area (Å²) in [7, 11) is 0. The van der Waals surface area contributed by atoms with Crippen molar-refractivity contribution in [2.45, 2.75) is 0 Å². The SMILES string of the molecule is O=C1OC(c2ccc([N+](=O)[O-])cc2Cl)=N/C1=C\c1ccc([N+](=O)[O-])cc1. The molecule has 10 heteroatoms. The molecule has 0 N–H and O–H groups in total. The fraction of sp³-hybridized carbons (Fsp3) is 0. The topological polar surface area (TPSA) is 125 Å². The van der Waals surface area contributed by atoms with Gasteiger partial charge < -0.3 is 4.74 Å². The van der Waals surface area contributed by atoms with Crippen LogP contribution >= 0.6 is 11.6 Å². The lowest BCUT2D eigenvalue weighted by Gasteiger charge is -2.02. The molecule has 0 bridgehead atoms. The maximum Gasteiger partial charge on any atom is 0.363 e. The lowest BCUT2D eigenvalue weighted by molar-refractivity contribution is -0.385. The van der Waals surface area contributed by atoms with Gasteiger partial charge in [0.1, 0.15) is 0 Å². The van der Waals surface area contributed by atoms with E-state index in [2.05, 4.69) is 4.99 Å². The van der Waals surface area contributed by atoms with Crippen LogP contribution in [0, 0.1) is 20.2 Å². The highest BCUT2D eigenvalue weighted by molar-refractivity contribution is 6.34. The van der Waals surface area contributed by atoms with Gasteiger partial charge >= 0.3 is 5.97 Å². The van der Waals surface area contributed by atoms with Gasteiger partial charge in [0.2, 0.25) is 5.90 Å². The first-order valence-corrected chi connectivity index (χ1v) is 7.44. The standard InChI is InChI=1S/C16H8ClN3O6/c17-13-8-11(20(24)25)5-6-12(13)15-18-14(16(21)26-15)7-9-1-3-10(4-2-9)19(22)23/h1-8H/b14-7-. The number of hydrogen-bond acceptors (Lipinski definition) is 7. The highest BCUT2D eigenvalue weighted by Gasteiger charge is 2.26. The number of rotatable bonds is 4. The molecule has 2 aromatic carbocycles. The second-order valence-corrected chi connectivity index (χ2v) is 5.51. The number of nitro benzene ring substituents is 2. The van der Waals surface area contributed by atoms with Crippen LogP contribution in [0.5, 0.6) is 0 Å². The summed E-state index contributed by atoms with van der Waals surface area (Å²) in [6.45, 7) is 0. The fourth-order valence-electron chi connectivity index (χ4n) is 2.17.